The van der Waals surface area contributed by atoms with E-state index in [-0.39, 0.29) is 24.8 Å². The van der Waals surface area contributed by atoms with Gasteiger partial charge in [-0.15, -0.1) is 0 Å². The van der Waals surface area contributed by atoms with Gasteiger partial charge in [0.25, 0.3) is 0 Å². The van der Waals surface area contributed by atoms with Crippen molar-refractivity contribution in [3.63, 3.8) is 0 Å². The quantitative estimate of drug-likeness (QED) is 0.366. The van der Waals surface area contributed by atoms with Crippen LogP contribution in [-0.4, -0.2) is 35.4 Å². The van der Waals surface area contributed by atoms with Gasteiger partial charge in [-0.05, 0) is 61.7 Å². The second-order valence-corrected chi connectivity index (χ2v) is 10.6. The van der Waals surface area contributed by atoms with Gasteiger partial charge in [0.15, 0.2) is 0 Å². The molecule has 5 nitrogen and oxygen atoms in total. The summed E-state index contributed by atoms with van der Waals surface area (Å²) < 4.78 is 5.38. The Balaban J connectivity index is 2.02. The number of nitrogens with one attached hydrogen (secondary N) is 1. The minimum Gasteiger partial charge on any atom is -0.497 e. The lowest BCUT2D eigenvalue weighted by molar-refractivity contribution is -0.141. The molecule has 0 saturated heterocycles. The molecular weight excluding hydrogens is 495 g/mol. The first-order valence-electron chi connectivity index (χ1n) is 11.8. The van der Waals surface area contributed by atoms with Gasteiger partial charge < -0.3 is 15.0 Å². The first-order valence-corrected chi connectivity index (χ1v) is 12.5. The second-order valence-electron chi connectivity index (χ2n) is 9.73. The summed E-state index contributed by atoms with van der Waals surface area (Å²) in [4.78, 5) is 29.1. The number of methoxy groups -OCH3 is 1. The van der Waals surface area contributed by atoms with E-state index < -0.39 is 11.6 Å². The lowest BCUT2D eigenvalue weighted by Crippen LogP contribution is -2.54. The van der Waals surface area contributed by atoms with Crippen LogP contribution in [-0.2, 0) is 29.0 Å². The number of hydrogen-bond acceptors (Lipinski definition) is 3. The van der Waals surface area contributed by atoms with Crippen LogP contribution in [0.15, 0.2) is 72.8 Å². The number of amides is 2. The van der Waals surface area contributed by atoms with Crippen LogP contribution < -0.4 is 10.1 Å². The Hall–Kier alpha value is -3.02. The van der Waals surface area contributed by atoms with Crippen LogP contribution in [0.25, 0.3) is 0 Å². The molecule has 0 fully saturated rings. The molecule has 0 unspecified atom stereocenters. The third-order valence-electron chi connectivity index (χ3n) is 5.61. The molecule has 7 heteroatoms. The zero-order valence-corrected chi connectivity index (χ0v) is 22.6. The number of carbonyl (C=O) groups excluding carboxylic acids is 2. The first kappa shape index (κ1) is 27.6. The van der Waals surface area contributed by atoms with Crippen LogP contribution in [0.5, 0.6) is 5.75 Å². The average molecular weight is 527 g/mol. The van der Waals surface area contributed by atoms with Crippen LogP contribution in [0.1, 0.15) is 37.5 Å². The number of ether oxygens (including phenoxy) is 1. The number of rotatable bonds is 9. The predicted octanol–water partition coefficient (Wildman–Crippen LogP) is 6.10. The van der Waals surface area contributed by atoms with E-state index in [9.17, 15) is 9.59 Å². The van der Waals surface area contributed by atoms with E-state index in [1.165, 1.54) is 0 Å². The SMILES string of the molecule is COc1cccc(CN(C(=O)Cc2ccc(Cl)cc2Cl)[C@@H](Cc2ccccc2)C(=O)NC(C)(C)C)c1. The molecule has 0 aliphatic rings. The fourth-order valence-corrected chi connectivity index (χ4v) is 4.38. The smallest absolute Gasteiger partial charge is 0.243 e. The van der Waals surface area contributed by atoms with Crippen LogP contribution >= 0.6 is 23.2 Å². The van der Waals surface area contributed by atoms with E-state index in [4.69, 9.17) is 27.9 Å². The summed E-state index contributed by atoms with van der Waals surface area (Å²) in [7, 11) is 1.60. The molecule has 3 rings (SSSR count). The van der Waals surface area contributed by atoms with E-state index >= 15 is 0 Å². The first-order chi connectivity index (χ1) is 17.1. The summed E-state index contributed by atoms with van der Waals surface area (Å²) in [6.45, 7) is 6.00. The van der Waals surface area contributed by atoms with Gasteiger partial charge in [0, 0.05) is 28.5 Å². The third kappa shape index (κ3) is 8.00. The van der Waals surface area contributed by atoms with Crippen molar-refractivity contribution in [2.75, 3.05) is 7.11 Å². The van der Waals surface area contributed by atoms with Gasteiger partial charge in [-0.1, -0.05) is 71.7 Å². The van der Waals surface area contributed by atoms with Crippen molar-refractivity contribution in [3.8, 4) is 5.75 Å². The van der Waals surface area contributed by atoms with E-state index in [0.29, 0.717) is 27.8 Å². The van der Waals surface area contributed by atoms with Crippen molar-refractivity contribution < 1.29 is 14.3 Å². The van der Waals surface area contributed by atoms with Crippen LogP contribution in [0.4, 0.5) is 0 Å². The highest BCUT2D eigenvalue weighted by molar-refractivity contribution is 6.35. The summed E-state index contributed by atoms with van der Waals surface area (Å²) in [5.41, 5.74) is 2.00. The van der Waals surface area contributed by atoms with Crippen molar-refractivity contribution >= 4 is 35.0 Å². The predicted molar refractivity (Wildman–Crippen MR) is 146 cm³/mol. The molecule has 2 amide bonds. The topological polar surface area (TPSA) is 58.6 Å². The van der Waals surface area contributed by atoms with E-state index in [1.807, 2.05) is 75.4 Å². The molecule has 0 aliphatic heterocycles. The van der Waals surface area contributed by atoms with Gasteiger partial charge in [-0.25, -0.2) is 0 Å². The number of carbonyl (C=O) groups is 2. The summed E-state index contributed by atoms with van der Waals surface area (Å²) in [5.74, 6) is 0.247. The molecule has 3 aromatic rings. The Labute approximate surface area is 223 Å². The highest BCUT2D eigenvalue weighted by Crippen LogP contribution is 2.24. The van der Waals surface area contributed by atoms with Gasteiger partial charge in [0.1, 0.15) is 11.8 Å². The standard InChI is InChI=1S/C29H32Cl2N2O3/c1-29(2,3)32-28(35)26(16-20-9-6-5-7-10-20)33(19-21-11-8-12-24(15-21)36-4)27(34)17-22-13-14-23(30)18-25(22)31/h5-15,18,26H,16-17,19H2,1-4H3,(H,32,35)/t26-/m0/s1. The van der Waals surface area contributed by atoms with Crippen LogP contribution in [0.3, 0.4) is 0 Å². The summed E-state index contributed by atoms with van der Waals surface area (Å²) in [6.07, 6.45) is 0.404. The third-order valence-corrected chi connectivity index (χ3v) is 6.20. The lowest BCUT2D eigenvalue weighted by atomic mass is 9.99. The van der Waals surface area contributed by atoms with Crippen molar-refractivity contribution in [3.05, 3.63) is 99.5 Å². The Bertz CT molecular complexity index is 1190. The molecule has 190 valence electrons. The van der Waals surface area contributed by atoms with Crippen LogP contribution in [0.2, 0.25) is 10.0 Å². The molecule has 0 saturated carbocycles. The maximum atomic E-state index is 13.8. The number of benzene rings is 3. The molecule has 0 aromatic heterocycles. The summed E-state index contributed by atoms with van der Waals surface area (Å²) in [5, 5.41) is 3.97. The number of hydrogen-bond donors (Lipinski definition) is 1. The fourth-order valence-electron chi connectivity index (χ4n) is 3.90. The Morgan fingerprint density at radius 1 is 0.944 bits per heavy atom. The molecule has 0 spiro atoms. The number of halogens is 2. The highest BCUT2D eigenvalue weighted by atomic mass is 35.5. The van der Waals surface area contributed by atoms with E-state index in [2.05, 4.69) is 5.32 Å². The Kier molecular flexibility index (Phi) is 9.41. The lowest BCUT2D eigenvalue weighted by Gasteiger charge is -2.34. The zero-order chi connectivity index (χ0) is 26.3. The fraction of sp³-hybridized carbons (Fsp3) is 0.310. The molecule has 0 radical (unpaired) electrons. The monoisotopic (exact) mass is 526 g/mol. The van der Waals surface area contributed by atoms with Crippen LogP contribution in [0, 0.1) is 0 Å². The maximum Gasteiger partial charge on any atom is 0.243 e. The second kappa shape index (κ2) is 12.3. The minimum absolute atomic E-state index is 0.0358. The molecule has 1 N–H and O–H groups in total. The van der Waals surface area contributed by atoms with Gasteiger partial charge in [0.05, 0.1) is 13.5 Å². The summed E-state index contributed by atoms with van der Waals surface area (Å²) in [6, 6.07) is 21.5. The maximum absolute atomic E-state index is 13.8. The molecule has 1 atom stereocenters. The van der Waals surface area contributed by atoms with Crippen molar-refractivity contribution in [2.45, 2.75) is 51.7 Å². The van der Waals surface area contributed by atoms with Gasteiger partial charge in [-0.3, -0.25) is 9.59 Å². The minimum atomic E-state index is -0.739. The number of nitrogens with zero attached hydrogens (tertiary/aromatic N) is 1. The van der Waals surface area contributed by atoms with Crippen molar-refractivity contribution in [2.24, 2.45) is 0 Å². The van der Waals surface area contributed by atoms with Crippen molar-refractivity contribution in [1.29, 1.82) is 0 Å². The summed E-state index contributed by atoms with van der Waals surface area (Å²) >= 11 is 12.4. The van der Waals surface area contributed by atoms with Gasteiger partial charge in [0.2, 0.25) is 11.8 Å². The van der Waals surface area contributed by atoms with E-state index in [1.54, 1.807) is 30.2 Å². The molecule has 0 aliphatic carbocycles. The molecular formula is C29H32Cl2N2O3. The van der Waals surface area contributed by atoms with Gasteiger partial charge >= 0.3 is 0 Å². The largest absolute Gasteiger partial charge is 0.497 e. The molecule has 0 heterocycles. The molecule has 36 heavy (non-hydrogen) atoms. The van der Waals surface area contributed by atoms with Gasteiger partial charge in [-0.2, -0.15) is 0 Å². The average Bonchev–Trinajstić information content (AvgIpc) is 2.82. The molecule has 0 bridgehead atoms. The Morgan fingerprint density at radius 2 is 1.64 bits per heavy atom. The molecule has 3 aromatic carbocycles. The van der Waals surface area contributed by atoms with Crippen molar-refractivity contribution in [1.82, 2.24) is 10.2 Å². The van der Waals surface area contributed by atoms with E-state index in [0.717, 1.165) is 11.1 Å². The normalized spacial score (nSPS) is 12.1. The highest BCUT2D eigenvalue weighted by Gasteiger charge is 2.32. The zero-order valence-electron chi connectivity index (χ0n) is 21.1. The Morgan fingerprint density at radius 3 is 2.28 bits per heavy atom.